The van der Waals surface area contributed by atoms with Gasteiger partial charge in [0.25, 0.3) is 0 Å². The van der Waals surface area contributed by atoms with E-state index in [1.54, 1.807) is 19.0 Å². The van der Waals surface area contributed by atoms with Crippen LogP contribution >= 0.6 is 0 Å². The van der Waals surface area contributed by atoms with Crippen LogP contribution in [-0.4, -0.2) is 63.1 Å². The average Bonchev–Trinajstić information content (AvgIpc) is 2.64. The van der Waals surface area contributed by atoms with Crippen molar-refractivity contribution in [1.29, 1.82) is 0 Å². The van der Waals surface area contributed by atoms with Crippen molar-refractivity contribution < 1.29 is 4.79 Å². The topological polar surface area (TPSA) is 60.0 Å². The lowest BCUT2D eigenvalue weighted by atomic mass is 10.0. The highest BCUT2D eigenvalue weighted by atomic mass is 16.2. The lowest BCUT2D eigenvalue weighted by Gasteiger charge is -2.35. The molecule has 2 N–H and O–H groups in total. The Balaban J connectivity index is 2.00. The molecule has 1 aliphatic heterocycles. The van der Waals surface area contributed by atoms with Crippen LogP contribution in [-0.2, 0) is 4.79 Å². The number of aliphatic imine (C=N–C) groups is 1. The van der Waals surface area contributed by atoms with Gasteiger partial charge in [-0.25, -0.2) is 4.99 Å². The molecule has 6 heteroatoms. The number of hydrogen-bond acceptors (Lipinski definition) is 3. The predicted octanol–water partition coefficient (Wildman–Crippen LogP) is 2.24. The molecule has 1 aromatic carbocycles. The maximum absolute atomic E-state index is 11.9. The Morgan fingerprint density at radius 1 is 1.30 bits per heavy atom. The molecule has 6 nitrogen and oxygen atoms in total. The number of anilines is 1. The quantitative estimate of drug-likeness (QED) is 0.593. The molecule has 27 heavy (non-hydrogen) atoms. The van der Waals surface area contributed by atoms with E-state index in [-0.39, 0.29) is 12.5 Å². The lowest BCUT2D eigenvalue weighted by Crippen LogP contribution is -2.52. The second-order valence-corrected chi connectivity index (χ2v) is 7.99. The lowest BCUT2D eigenvalue weighted by molar-refractivity contribution is -0.127. The first-order valence-electron chi connectivity index (χ1n) is 9.91. The molecular weight excluding hydrogens is 338 g/mol. The number of aryl methyl sites for hydroxylation is 1. The summed E-state index contributed by atoms with van der Waals surface area (Å²) in [6, 6.07) is 9.03. The maximum Gasteiger partial charge on any atom is 0.243 e. The Bertz CT molecular complexity index is 624. The Morgan fingerprint density at radius 3 is 2.63 bits per heavy atom. The van der Waals surface area contributed by atoms with Gasteiger partial charge in [0.05, 0.1) is 0 Å². The first kappa shape index (κ1) is 21.1. The van der Waals surface area contributed by atoms with Crippen LogP contribution in [0.5, 0.6) is 0 Å². The van der Waals surface area contributed by atoms with E-state index in [0.29, 0.717) is 12.0 Å². The van der Waals surface area contributed by atoms with Gasteiger partial charge in [0, 0.05) is 45.5 Å². The van der Waals surface area contributed by atoms with E-state index in [1.165, 1.54) is 11.3 Å². The van der Waals surface area contributed by atoms with Crippen molar-refractivity contribution in [2.75, 3.05) is 45.2 Å². The van der Waals surface area contributed by atoms with Crippen LogP contribution in [0.1, 0.15) is 32.3 Å². The minimum atomic E-state index is 0.00516. The van der Waals surface area contributed by atoms with Gasteiger partial charge in [0.15, 0.2) is 5.96 Å². The molecule has 0 aromatic heterocycles. The van der Waals surface area contributed by atoms with Crippen molar-refractivity contribution in [3.8, 4) is 0 Å². The zero-order valence-corrected chi connectivity index (χ0v) is 17.5. The number of nitrogens with zero attached hydrogens (tertiary/aromatic N) is 3. The van der Waals surface area contributed by atoms with Crippen LogP contribution in [0.15, 0.2) is 29.3 Å². The number of nitrogens with one attached hydrogen (secondary N) is 2. The van der Waals surface area contributed by atoms with Gasteiger partial charge < -0.3 is 20.4 Å². The van der Waals surface area contributed by atoms with Crippen LogP contribution in [0.2, 0.25) is 0 Å². The number of likely N-dealkylation sites (N-methyl/N-ethyl adjacent to an activating group) is 1. The van der Waals surface area contributed by atoms with Crippen LogP contribution in [0.25, 0.3) is 0 Å². The van der Waals surface area contributed by atoms with Crippen molar-refractivity contribution >= 4 is 17.6 Å². The summed E-state index contributed by atoms with van der Waals surface area (Å²) < 4.78 is 0. The van der Waals surface area contributed by atoms with E-state index >= 15 is 0 Å². The van der Waals surface area contributed by atoms with Crippen LogP contribution in [0.4, 0.5) is 5.69 Å². The van der Waals surface area contributed by atoms with E-state index in [1.807, 2.05) is 0 Å². The number of amides is 1. The number of carbonyl (C=O) groups is 1. The minimum absolute atomic E-state index is 0.00516. The fourth-order valence-corrected chi connectivity index (χ4v) is 3.02. The number of carbonyl (C=O) groups excluding carboxylic acids is 1. The number of benzene rings is 1. The fourth-order valence-electron chi connectivity index (χ4n) is 3.02. The van der Waals surface area contributed by atoms with Gasteiger partial charge in [-0.1, -0.05) is 31.5 Å². The van der Waals surface area contributed by atoms with Crippen molar-refractivity contribution in [3.63, 3.8) is 0 Å². The number of guanidine groups is 1. The predicted molar refractivity (Wildman–Crippen MR) is 113 cm³/mol. The first-order chi connectivity index (χ1) is 12.8. The van der Waals surface area contributed by atoms with Crippen LogP contribution < -0.4 is 15.5 Å². The molecular formula is C21H35N5O. The molecule has 1 amide bonds. The number of hydrogen-bond donors (Lipinski definition) is 2. The maximum atomic E-state index is 11.9. The largest absolute Gasteiger partial charge is 0.369 e. The molecule has 0 bridgehead atoms. The molecule has 2 rings (SSSR count). The van der Waals surface area contributed by atoms with Gasteiger partial charge in [-0.05, 0) is 37.8 Å². The SMILES string of the molecule is Cc1ccc(N2CCCC(NC(=NCC(=O)N(C)C)NCC(C)C)C2)cc1. The number of rotatable bonds is 6. The standard InChI is InChI=1S/C21H35N5O/c1-16(2)13-22-21(23-14-20(27)25(4)5)24-18-7-6-12-26(15-18)19-10-8-17(3)9-11-19/h8-11,16,18H,6-7,12-15H2,1-5H3,(H2,22,23,24). The van der Waals surface area contributed by atoms with Crippen LogP contribution in [0.3, 0.4) is 0 Å². The van der Waals surface area contributed by atoms with Crippen molar-refractivity contribution in [2.24, 2.45) is 10.9 Å². The van der Waals surface area contributed by atoms with E-state index < -0.39 is 0 Å². The van der Waals surface area contributed by atoms with E-state index in [4.69, 9.17) is 0 Å². The normalized spacial score (nSPS) is 17.8. The Kier molecular flexibility index (Phi) is 7.95. The molecule has 0 aliphatic carbocycles. The van der Waals surface area contributed by atoms with Gasteiger partial charge >= 0.3 is 0 Å². The second kappa shape index (κ2) is 10.2. The van der Waals surface area contributed by atoms with Crippen LogP contribution in [0, 0.1) is 12.8 Å². The number of piperidine rings is 1. The summed E-state index contributed by atoms with van der Waals surface area (Å²) in [7, 11) is 3.51. The van der Waals surface area contributed by atoms with Crippen molar-refractivity contribution in [3.05, 3.63) is 29.8 Å². The molecule has 150 valence electrons. The van der Waals surface area contributed by atoms with Crippen molar-refractivity contribution in [2.45, 2.75) is 39.7 Å². The molecule has 0 saturated carbocycles. The smallest absolute Gasteiger partial charge is 0.243 e. The summed E-state index contributed by atoms with van der Waals surface area (Å²) in [6.45, 7) is 9.44. The molecule has 1 aliphatic rings. The van der Waals surface area contributed by atoms with E-state index in [2.05, 4.69) is 65.6 Å². The monoisotopic (exact) mass is 373 g/mol. The first-order valence-corrected chi connectivity index (χ1v) is 9.91. The molecule has 1 saturated heterocycles. The fraction of sp³-hybridized carbons (Fsp3) is 0.619. The van der Waals surface area contributed by atoms with Gasteiger partial charge in [0.2, 0.25) is 5.91 Å². The minimum Gasteiger partial charge on any atom is -0.369 e. The highest BCUT2D eigenvalue weighted by Crippen LogP contribution is 2.20. The summed E-state index contributed by atoms with van der Waals surface area (Å²) in [5.74, 6) is 1.25. The van der Waals surface area contributed by atoms with Gasteiger partial charge in [0.1, 0.15) is 6.54 Å². The summed E-state index contributed by atoms with van der Waals surface area (Å²) >= 11 is 0. The van der Waals surface area contributed by atoms with Crippen molar-refractivity contribution in [1.82, 2.24) is 15.5 Å². The average molecular weight is 374 g/mol. The Morgan fingerprint density at radius 2 is 2.00 bits per heavy atom. The van der Waals surface area contributed by atoms with Gasteiger partial charge in [-0.3, -0.25) is 4.79 Å². The zero-order valence-electron chi connectivity index (χ0n) is 17.5. The molecule has 1 fully saturated rings. The summed E-state index contributed by atoms with van der Waals surface area (Å²) in [5, 5.41) is 6.92. The Labute approximate surface area is 164 Å². The van der Waals surface area contributed by atoms with Gasteiger partial charge in [-0.15, -0.1) is 0 Å². The third kappa shape index (κ3) is 7.12. The molecule has 1 heterocycles. The molecule has 1 unspecified atom stereocenters. The summed E-state index contributed by atoms with van der Waals surface area (Å²) in [4.78, 5) is 20.4. The van der Waals surface area contributed by atoms with E-state index in [0.717, 1.165) is 38.4 Å². The Hall–Kier alpha value is -2.24. The zero-order chi connectivity index (χ0) is 19.8. The summed E-state index contributed by atoms with van der Waals surface area (Å²) in [5.41, 5.74) is 2.55. The highest BCUT2D eigenvalue weighted by Gasteiger charge is 2.21. The highest BCUT2D eigenvalue weighted by molar-refractivity contribution is 5.85. The van der Waals surface area contributed by atoms with Gasteiger partial charge in [-0.2, -0.15) is 0 Å². The van der Waals surface area contributed by atoms with E-state index in [9.17, 15) is 4.79 Å². The third-order valence-corrected chi connectivity index (χ3v) is 4.71. The molecule has 0 spiro atoms. The third-order valence-electron chi connectivity index (χ3n) is 4.71. The molecule has 0 radical (unpaired) electrons. The molecule has 1 atom stereocenters. The summed E-state index contributed by atoms with van der Waals surface area (Å²) in [6.07, 6.45) is 2.24. The molecule has 1 aromatic rings. The second-order valence-electron chi connectivity index (χ2n) is 7.99.